The van der Waals surface area contributed by atoms with Crippen LogP contribution in [0.15, 0.2) is 30.3 Å². The molecule has 0 saturated heterocycles. The summed E-state index contributed by atoms with van der Waals surface area (Å²) in [5.41, 5.74) is 0.909. The Morgan fingerprint density at radius 1 is 1.47 bits per heavy atom. The van der Waals surface area contributed by atoms with E-state index in [-0.39, 0.29) is 5.97 Å². The SMILES string of the molecule is COC(=O)/C=C/c1cccc(OCCCBr)c1. The van der Waals surface area contributed by atoms with Crippen LogP contribution in [0.1, 0.15) is 12.0 Å². The second-order valence-electron chi connectivity index (χ2n) is 3.32. The van der Waals surface area contributed by atoms with Gasteiger partial charge < -0.3 is 9.47 Å². The molecule has 92 valence electrons. The Morgan fingerprint density at radius 3 is 3.00 bits per heavy atom. The molecule has 0 saturated carbocycles. The normalized spacial score (nSPS) is 10.5. The van der Waals surface area contributed by atoms with Crippen LogP contribution in [-0.2, 0) is 9.53 Å². The van der Waals surface area contributed by atoms with Crippen LogP contribution in [0.5, 0.6) is 5.75 Å². The number of esters is 1. The van der Waals surface area contributed by atoms with E-state index in [1.165, 1.54) is 13.2 Å². The second kappa shape index (κ2) is 7.90. The summed E-state index contributed by atoms with van der Waals surface area (Å²) in [7, 11) is 1.35. The highest BCUT2D eigenvalue weighted by molar-refractivity contribution is 9.09. The van der Waals surface area contributed by atoms with E-state index in [1.807, 2.05) is 24.3 Å². The van der Waals surface area contributed by atoms with E-state index in [2.05, 4.69) is 20.7 Å². The summed E-state index contributed by atoms with van der Waals surface area (Å²) in [5, 5.41) is 0.926. The van der Waals surface area contributed by atoms with Crippen molar-refractivity contribution in [2.45, 2.75) is 6.42 Å². The third-order valence-corrected chi connectivity index (χ3v) is 2.58. The Labute approximate surface area is 110 Å². The molecule has 0 radical (unpaired) electrons. The molecule has 0 atom stereocenters. The molecule has 0 fully saturated rings. The zero-order chi connectivity index (χ0) is 12.5. The summed E-state index contributed by atoms with van der Waals surface area (Å²) in [5.74, 6) is 0.438. The molecule has 0 aromatic heterocycles. The fourth-order valence-corrected chi connectivity index (χ4v) is 1.41. The Hall–Kier alpha value is -1.29. The quantitative estimate of drug-likeness (QED) is 0.350. The van der Waals surface area contributed by atoms with Gasteiger partial charge in [-0.2, -0.15) is 0 Å². The summed E-state index contributed by atoms with van der Waals surface area (Å²) in [6, 6.07) is 7.56. The molecular weight excluding hydrogens is 284 g/mol. The minimum atomic E-state index is -0.365. The van der Waals surface area contributed by atoms with Gasteiger partial charge in [0.15, 0.2) is 0 Å². The number of hydrogen-bond acceptors (Lipinski definition) is 3. The largest absolute Gasteiger partial charge is 0.494 e. The number of alkyl halides is 1. The lowest BCUT2D eigenvalue weighted by atomic mass is 10.2. The van der Waals surface area contributed by atoms with Crippen LogP contribution in [0, 0.1) is 0 Å². The van der Waals surface area contributed by atoms with Gasteiger partial charge in [-0.15, -0.1) is 0 Å². The molecule has 0 amide bonds. The molecule has 0 aliphatic heterocycles. The first-order valence-corrected chi connectivity index (χ1v) is 6.43. The predicted octanol–water partition coefficient (Wildman–Crippen LogP) is 3.04. The second-order valence-corrected chi connectivity index (χ2v) is 4.11. The van der Waals surface area contributed by atoms with E-state index >= 15 is 0 Å². The zero-order valence-corrected chi connectivity index (χ0v) is 11.3. The molecule has 17 heavy (non-hydrogen) atoms. The topological polar surface area (TPSA) is 35.5 Å². The van der Waals surface area contributed by atoms with E-state index in [4.69, 9.17) is 4.74 Å². The highest BCUT2D eigenvalue weighted by Gasteiger charge is 1.96. The summed E-state index contributed by atoms with van der Waals surface area (Å²) in [4.78, 5) is 10.9. The minimum absolute atomic E-state index is 0.365. The van der Waals surface area contributed by atoms with Gasteiger partial charge in [0.25, 0.3) is 0 Å². The number of rotatable bonds is 6. The molecule has 0 bridgehead atoms. The molecule has 0 aliphatic carbocycles. The molecule has 1 aromatic rings. The Kier molecular flexibility index (Phi) is 6.40. The van der Waals surface area contributed by atoms with Crippen molar-refractivity contribution < 1.29 is 14.3 Å². The van der Waals surface area contributed by atoms with Crippen LogP contribution in [0.25, 0.3) is 6.08 Å². The number of carbonyl (C=O) groups is 1. The molecule has 3 nitrogen and oxygen atoms in total. The van der Waals surface area contributed by atoms with Crippen LogP contribution < -0.4 is 4.74 Å². The highest BCUT2D eigenvalue weighted by atomic mass is 79.9. The van der Waals surface area contributed by atoms with Crippen molar-refractivity contribution in [1.29, 1.82) is 0 Å². The molecule has 0 unspecified atom stereocenters. The zero-order valence-electron chi connectivity index (χ0n) is 9.69. The molecule has 0 heterocycles. The number of carbonyl (C=O) groups excluding carboxylic acids is 1. The molecule has 1 rings (SSSR count). The van der Waals surface area contributed by atoms with E-state index in [1.54, 1.807) is 6.08 Å². The first-order valence-electron chi connectivity index (χ1n) is 5.31. The minimum Gasteiger partial charge on any atom is -0.494 e. The smallest absolute Gasteiger partial charge is 0.330 e. The molecule has 4 heteroatoms. The number of hydrogen-bond donors (Lipinski definition) is 0. The summed E-state index contributed by atoms with van der Waals surface area (Å²) >= 11 is 3.34. The first kappa shape index (κ1) is 13.8. The van der Waals surface area contributed by atoms with Gasteiger partial charge in [0.1, 0.15) is 5.75 Å². The van der Waals surface area contributed by atoms with Gasteiger partial charge in [0.05, 0.1) is 13.7 Å². The predicted molar refractivity (Wildman–Crippen MR) is 71.4 cm³/mol. The van der Waals surface area contributed by atoms with Gasteiger partial charge in [-0.25, -0.2) is 4.79 Å². The summed E-state index contributed by atoms with van der Waals surface area (Å²) < 4.78 is 10.1. The van der Waals surface area contributed by atoms with Gasteiger partial charge >= 0.3 is 5.97 Å². The molecule has 0 aliphatic rings. The van der Waals surface area contributed by atoms with Crippen molar-refractivity contribution in [2.75, 3.05) is 19.0 Å². The van der Waals surface area contributed by atoms with Gasteiger partial charge in [-0.05, 0) is 30.2 Å². The number of methoxy groups -OCH3 is 1. The maximum absolute atomic E-state index is 10.9. The van der Waals surface area contributed by atoms with Crippen LogP contribution in [0.4, 0.5) is 0 Å². The summed E-state index contributed by atoms with van der Waals surface area (Å²) in [6.07, 6.45) is 4.04. The number of ether oxygens (including phenoxy) is 2. The number of benzene rings is 1. The van der Waals surface area contributed by atoms with Gasteiger partial charge in [-0.3, -0.25) is 0 Å². The fraction of sp³-hybridized carbons (Fsp3) is 0.308. The van der Waals surface area contributed by atoms with Gasteiger partial charge in [0.2, 0.25) is 0 Å². The average molecular weight is 299 g/mol. The van der Waals surface area contributed by atoms with Gasteiger partial charge in [-0.1, -0.05) is 28.1 Å². The maximum atomic E-state index is 10.9. The molecule has 0 spiro atoms. The Balaban J connectivity index is 2.59. The van der Waals surface area contributed by atoms with Crippen molar-refractivity contribution in [3.63, 3.8) is 0 Å². The van der Waals surface area contributed by atoms with Crippen molar-refractivity contribution >= 4 is 28.0 Å². The lowest BCUT2D eigenvalue weighted by Gasteiger charge is -2.05. The van der Waals surface area contributed by atoms with Crippen molar-refractivity contribution in [3.05, 3.63) is 35.9 Å². The first-order chi connectivity index (χ1) is 8.26. The Bertz CT molecular complexity index is 388. The Morgan fingerprint density at radius 2 is 2.29 bits per heavy atom. The van der Waals surface area contributed by atoms with E-state index in [0.717, 1.165) is 23.1 Å². The van der Waals surface area contributed by atoms with E-state index in [0.29, 0.717) is 6.61 Å². The third kappa shape index (κ3) is 5.54. The maximum Gasteiger partial charge on any atom is 0.330 e. The van der Waals surface area contributed by atoms with Gasteiger partial charge in [0, 0.05) is 11.4 Å². The molecular formula is C13H15BrO3. The molecule has 0 N–H and O–H groups in total. The average Bonchev–Trinajstić information content (AvgIpc) is 2.37. The summed E-state index contributed by atoms with van der Waals surface area (Å²) in [6.45, 7) is 0.676. The van der Waals surface area contributed by atoms with E-state index < -0.39 is 0 Å². The van der Waals surface area contributed by atoms with Crippen molar-refractivity contribution in [3.8, 4) is 5.75 Å². The standard InChI is InChI=1S/C13H15BrO3/c1-16-13(15)7-6-11-4-2-5-12(10-11)17-9-3-8-14/h2,4-7,10H,3,8-9H2,1H3/b7-6+. The highest BCUT2D eigenvalue weighted by Crippen LogP contribution is 2.14. The van der Waals surface area contributed by atoms with Crippen LogP contribution in [-0.4, -0.2) is 25.0 Å². The lowest BCUT2D eigenvalue weighted by molar-refractivity contribution is -0.134. The van der Waals surface area contributed by atoms with Crippen LogP contribution in [0.2, 0.25) is 0 Å². The van der Waals surface area contributed by atoms with Crippen LogP contribution in [0.3, 0.4) is 0 Å². The lowest BCUT2D eigenvalue weighted by Crippen LogP contribution is -1.97. The third-order valence-electron chi connectivity index (χ3n) is 2.02. The fourth-order valence-electron chi connectivity index (χ4n) is 1.18. The molecule has 1 aromatic carbocycles. The van der Waals surface area contributed by atoms with E-state index in [9.17, 15) is 4.79 Å². The number of halogens is 1. The van der Waals surface area contributed by atoms with Crippen LogP contribution >= 0.6 is 15.9 Å². The van der Waals surface area contributed by atoms with Crippen molar-refractivity contribution in [2.24, 2.45) is 0 Å². The van der Waals surface area contributed by atoms with Crippen molar-refractivity contribution in [1.82, 2.24) is 0 Å². The monoisotopic (exact) mass is 298 g/mol.